The quantitative estimate of drug-likeness (QED) is 0.849. The highest BCUT2D eigenvalue weighted by Gasteiger charge is 2.09. The second-order valence-corrected chi connectivity index (χ2v) is 5.71. The van der Waals surface area contributed by atoms with Gasteiger partial charge in [-0.05, 0) is 26.0 Å². The van der Waals surface area contributed by atoms with Gasteiger partial charge in [-0.25, -0.2) is 4.98 Å². The molecule has 0 saturated carbocycles. The van der Waals surface area contributed by atoms with Gasteiger partial charge in [-0.15, -0.1) is 11.3 Å². The van der Waals surface area contributed by atoms with E-state index in [1.165, 1.54) is 11.3 Å². The second kappa shape index (κ2) is 6.53. The molecular weight excluding hydrogens is 288 g/mol. The number of primary amides is 1. The maximum Gasteiger partial charge on any atom is 0.227 e. The lowest BCUT2D eigenvalue weighted by atomic mass is 10.3. The summed E-state index contributed by atoms with van der Waals surface area (Å²) in [6, 6.07) is 4.06. The largest absolute Gasteiger partial charge is 0.369 e. The van der Waals surface area contributed by atoms with Crippen molar-refractivity contribution in [2.75, 3.05) is 5.32 Å². The number of nitrogens with zero attached hydrogens (tertiary/aromatic N) is 2. The van der Waals surface area contributed by atoms with Gasteiger partial charge in [0.15, 0.2) is 5.13 Å². The molecular formula is C14H18N4O2S. The molecule has 2 amide bonds. The molecule has 21 heavy (non-hydrogen) atoms. The molecule has 0 aliphatic rings. The number of anilines is 1. The van der Waals surface area contributed by atoms with E-state index in [9.17, 15) is 9.59 Å². The fraction of sp³-hybridized carbons (Fsp3) is 0.357. The van der Waals surface area contributed by atoms with Crippen molar-refractivity contribution in [1.29, 1.82) is 0 Å². The van der Waals surface area contributed by atoms with Gasteiger partial charge in [-0.3, -0.25) is 9.59 Å². The Morgan fingerprint density at radius 2 is 2.00 bits per heavy atom. The fourth-order valence-corrected chi connectivity index (χ4v) is 2.80. The van der Waals surface area contributed by atoms with Crippen molar-refractivity contribution >= 4 is 28.3 Å². The van der Waals surface area contributed by atoms with Gasteiger partial charge >= 0.3 is 0 Å². The molecule has 0 radical (unpaired) electrons. The van der Waals surface area contributed by atoms with Crippen LogP contribution >= 0.6 is 11.3 Å². The van der Waals surface area contributed by atoms with Gasteiger partial charge in [0.1, 0.15) is 0 Å². The average molecular weight is 306 g/mol. The van der Waals surface area contributed by atoms with E-state index in [2.05, 4.69) is 14.9 Å². The molecule has 2 aromatic rings. The molecule has 0 atom stereocenters. The van der Waals surface area contributed by atoms with Crippen molar-refractivity contribution in [3.63, 3.8) is 0 Å². The summed E-state index contributed by atoms with van der Waals surface area (Å²) < 4.78 is 2.10. The SMILES string of the molecule is Cc1ccc(C)n1CCC(=O)Nc1nc(CC(N)=O)cs1. The lowest BCUT2D eigenvalue weighted by Crippen LogP contribution is -2.16. The molecule has 0 fully saturated rings. The Labute approximate surface area is 127 Å². The zero-order valence-corrected chi connectivity index (χ0v) is 12.9. The van der Waals surface area contributed by atoms with Gasteiger partial charge in [0.05, 0.1) is 12.1 Å². The normalized spacial score (nSPS) is 10.6. The van der Waals surface area contributed by atoms with Crippen LogP contribution in [0.3, 0.4) is 0 Å². The van der Waals surface area contributed by atoms with Gasteiger partial charge in [-0.2, -0.15) is 0 Å². The number of carbonyl (C=O) groups excluding carboxylic acids is 2. The highest BCUT2D eigenvalue weighted by molar-refractivity contribution is 7.13. The van der Waals surface area contributed by atoms with Crippen LogP contribution in [0.25, 0.3) is 0 Å². The third kappa shape index (κ3) is 4.16. The zero-order valence-electron chi connectivity index (χ0n) is 12.0. The first-order valence-electron chi connectivity index (χ1n) is 6.61. The van der Waals surface area contributed by atoms with Crippen molar-refractivity contribution in [2.45, 2.75) is 33.2 Å². The van der Waals surface area contributed by atoms with E-state index in [0.717, 1.165) is 11.4 Å². The van der Waals surface area contributed by atoms with Crippen LogP contribution in [0.4, 0.5) is 5.13 Å². The summed E-state index contributed by atoms with van der Waals surface area (Å²) in [6.07, 6.45) is 0.467. The molecule has 0 saturated heterocycles. The molecule has 0 aliphatic carbocycles. The van der Waals surface area contributed by atoms with Crippen molar-refractivity contribution in [1.82, 2.24) is 9.55 Å². The Morgan fingerprint density at radius 1 is 1.33 bits per heavy atom. The van der Waals surface area contributed by atoms with Crippen molar-refractivity contribution in [3.8, 4) is 0 Å². The van der Waals surface area contributed by atoms with Gasteiger partial charge < -0.3 is 15.6 Å². The summed E-state index contributed by atoms with van der Waals surface area (Å²) >= 11 is 1.29. The Morgan fingerprint density at radius 3 is 2.62 bits per heavy atom. The monoisotopic (exact) mass is 306 g/mol. The number of aromatic nitrogens is 2. The first-order valence-corrected chi connectivity index (χ1v) is 7.49. The number of amides is 2. The number of aryl methyl sites for hydroxylation is 2. The first-order chi connectivity index (χ1) is 9.95. The van der Waals surface area contributed by atoms with Crippen LogP contribution in [0.2, 0.25) is 0 Å². The fourth-order valence-electron chi connectivity index (χ4n) is 2.07. The van der Waals surface area contributed by atoms with Crippen molar-refractivity contribution < 1.29 is 9.59 Å². The number of rotatable bonds is 6. The number of nitrogens with one attached hydrogen (secondary N) is 1. The Hall–Kier alpha value is -2.15. The minimum atomic E-state index is -0.434. The van der Waals surface area contributed by atoms with E-state index in [1.807, 2.05) is 26.0 Å². The summed E-state index contributed by atoms with van der Waals surface area (Å²) in [5.74, 6) is -0.529. The molecule has 7 heteroatoms. The maximum atomic E-state index is 11.9. The second-order valence-electron chi connectivity index (χ2n) is 4.85. The van der Waals surface area contributed by atoms with Crippen LogP contribution in [0.5, 0.6) is 0 Å². The lowest BCUT2D eigenvalue weighted by Gasteiger charge is -2.08. The predicted molar refractivity (Wildman–Crippen MR) is 82.2 cm³/mol. The molecule has 0 aliphatic heterocycles. The summed E-state index contributed by atoms with van der Waals surface area (Å²) in [5.41, 5.74) is 7.96. The summed E-state index contributed by atoms with van der Waals surface area (Å²) in [6.45, 7) is 4.67. The smallest absolute Gasteiger partial charge is 0.227 e. The average Bonchev–Trinajstić information content (AvgIpc) is 2.95. The van der Waals surface area contributed by atoms with Crippen LogP contribution in [0, 0.1) is 13.8 Å². The number of nitrogens with two attached hydrogens (primary N) is 1. The molecule has 6 nitrogen and oxygen atoms in total. The molecule has 2 rings (SSSR count). The Bertz CT molecular complexity index is 640. The number of thiazole rings is 1. The molecule has 0 bridgehead atoms. The van der Waals surface area contributed by atoms with E-state index in [0.29, 0.717) is 23.8 Å². The van der Waals surface area contributed by atoms with E-state index < -0.39 is 5.91 Å². The molecule has 3 N–H and O–H groups in total. The van der Waals surface area contributed by atoms with E-state index >= 15 is 0 Å². The molecule has 112 valence electrons. The number of hydrogen-bond donors (Lipinski definition) is 2. The predicted octanol–water partition coefficient (Wildman–Crippen LogP) is 1.62. The highest BCUT2D eigenvalue weighted by atomic mass is 32.1. The third-order valence-electron chi connectivity index (χ3n) is 3.13. The van der Waals surface area contributed by atoms with Gasteiger partial charge in [0.2, 0.25) is 11.8 Å². The maximum absolute atomic E-state index is 11.9. The summed E-state index contributed by atoms with van der Waals surface area (Å²) in [4.78, 5) is 26.9. The van der Waals surface area contributed by atoms with Crippen LogP contribution in [-0.2, 0) is 22.6 Å². The van der Waals surface area contributed by atoms with Crippen LogP contribution in [0.1, 0.15) is 23.5 Å². The number of hydrogen-bond acceptors (Lipinski definition) is 4. The molecule has 0 unspecified atom stereocenters. The Kier molecular flexibility index (Phi) is 4.74. The topological polar surface area (TPSA) is 90.0 Å². The van der Waals surface area contributed by atoms with Crippen LogP contribution < -0.4 is 11.1 Å². The van der Waals surface area contributed by atoms with Crippen LogP contribution in [-0.4, -0.2) is 21.4 Å². The van der Waals surface area contributed by atoms with E-state index in [1.54, 1.807) is 5.38 Å². The summed E-state index contributed by atoms with van der Waals surface area (Å²) in [5, 5.41) is 4.96. The minimum Gasteiger partial charge on any atom is -0.369 e. The molecule has 2 heterocycles. The molecule has 2 aromatic heterocycles. The standard InChI is InChI=1S/C14H18N4O2S/c1-9-3-4-10(2)18(9)6-5-13(20)17-14-16-11(8-21-14)7-12(15)19/h3-4,8H,5-7H2,1-2H3,(H2,15,19)(H,16,17,20). The van der Waals surface area contributed by atoms with Crippen molar-refractivity contribution in [3.05, 3.63) is 34.6 Å². The van der Waals surface area contributed by atoms with E-state index in [4.69, 9.17) is 5.73 Å². The van der Waals surface area contributed by atoms with Gasteiger partial charge in [-0.1, -0.05) is 0 Å². The number of carbonyl (C=O) groups is 2. The highest BCUT2D eigenvalue weighted by Crippen LogP contribution is 2.16. The zero-order chi connectivity index (χ0) is 15.4. The van der Waals surface area contributed by atoms with E-state index in [-0.39, 0.29) is 12.3 Å². The van der Waals surface area contributed by atoms with Crippen molar-refractivity contribution in [2.24, 2.45) is 5.73 Å². The first kappa shape index (κ1) is 15.2. The molecule has 0 spiro atoms. The summed E-state index contributed by atoms with van der Waals surface area (Å²) in [7, 11) is 0. The van der Waals surface area contributed by atoms with Gasteiger partial charge in [0, 0.05) is 29.7 Å². The van der Waals surface area contributed by atoms with Gasteiger partial charge in [0.25, 0.3) is 0 Å². The molecule has 0 aromatic carbocycles. The van der Waals surface area contributed by atoms with Crippen LogP contribution in [0.15, 0.2) is 17.5 Å². The Balaban J connectivity index is 1.87. The lowest BCUT2D eigenvalue weighted by molar-refractivity contribution is -0.117. The third-order valence-corrected chi connectivity index (χ3v) is 3.94. The minimum absolute atomic E-state index is 0.0914.